The summed E-state index contributed by atoms with van der Waals surface area (Å²) in [6.07, 6.45) is -2.51. The Morgan fingerprint density at radius 1 is 0.791 bits per heavy atom. The van der Waals surface area contributed by atoms with E-state index in [1.165, 1.54) is 16.7 Å². The van der Waals surface area contributed by atoms with Crippen LogP contribution in [0, 0.1) is 0 Å². The number of nitrogens with zero attached hydrogens (tertiary/aromatic N) is 1. The summed E-state index contributed by atoms with van der Waals surface area (Å²) in [5, 5.41) is 0.607. The van der Waals surface area contributed by atoms with Gasteiger partial charge in [0.2, 0.25) is 0 Å². The Bertz CT molecular complexity index is 1570. The van der Waals surface area contributed by atoms with Crippen LogP contribution in [0.1, 0.15) is 38.1 Å². The smallest absolute Gasteiger partial charge is 0.262 e. The molecule has 0 bridgehead atoms. The first kappa shape index (κ1) is 28.3. The minimum atomic E-state index is -0.812. The Balaban J connectivity index is 1.29. The molecule has 218 valence electrons. The molecule has 43 heavy (non-hydrogen) atoms. The van der Waals surface area contributed by atoms with Gasteiger partial charge in [0.1, 0.15) is 29.8 Å². The second-order valence-corrected chi connectivity index (χ2v) is 12.2. The van der Waals surface area contributed by atoms with Gasteiger partial charge in [-0.1, -0.05) is 96.2 Å². The fourth-order valence-electron chi connectivity index (χ4n) is 5.79. The van der Waals surface area contributed by atoms with Crippen molar-refractivity contribution in [3.05, 3.63) is 136 Å². The van der Waals surface area contributed by atoms with Crippen molar-refractivity contribution in [3.63, 3.8) is 0 Å². The Hall–Kier alpha value is -3.50. The maximum atomic E-state index is 13.9. The molecular weight excluding hydrogens is 586 g/mol. The molecule has 2 amide bonds. The molecule has 7 rings (SSSR count). The van der Waals surface area contributed by atoms with Crippen molar-refractivity contribution in [1.82, 2.24) is 4.90 Å². The second kappa shape index (κ2) is 12.2. The van der Waals surface area contributed by atoms with Crippen LogP contribution in [-0.2, 0) is 25.6 Å². The maximum absolute atomic E-state index is 13.9. The lowest BCUT2D eigenvalue weighted by Gasteiger charge is -2.51. The van der Waals surface area contributed by atoms with E-state index in [1.807, 2.05) is 72.8 Å². The van der Waals surface area contributed by atoms with Gasteiger partial charge in [0.15, 0.2) is 6.29 Å². The van der Waals surface area contributed by atoms with Crippen LogP contribution in [0.25, 0.3) is 0 Å². The summed E-state index contributed by atoms with van der Waals surface area (Å²) < 4.78 is 26.1. The van der Waals surface area contributed by atoms with Gasteiger partial charge in [-0.3, -0.25) is 14.5 Å². The Kier molecular flexibility index (Phi) is 8.05. The van der Waals surface area contributed by atoms with E-state index in [9.17, 15) is 9.59 Å². The van der Waals surface area contributed by atoms with Gasteiger partial charge in [-0.25, -0.2) is 0 Å². The first-order valence-electron chi connectivity index (χ1n) is 14.1. The highest BCUT2D eigenvalue weighted by Crippen LogP contribution is 2.44. The quantitative estimate of drug-likeness (QED) is 0.220. The van der Waals surface area contributed by atoms with Crippen LogP contribution in [0.15, 0.2) is 114 Å². The van der Waals surface area contributed by atoms with Crippen LogP contribution in [0.2, 0.25) is 5.02 Å². The molecule has 0 unspecified atom stereocenters. The summed E-state index contributed by atoms with van der Waals surface area (Å²) in [5.74, 6) is -0.760. The molecule has 0 N–H and O–H groups in total. The van der Waals surface area contributed by atoms with Gasteiger partial charge < -0.3 is 18.9 Å². The Morgan fingerprint density at radius 3 is 2.09 bits per heavy atom. The first-order valence-corrected chi connectivity index (χ1v) is 15.3. The topological polar surface area (TPSA) is 74.3 Å². The zero-order chi connectivity index (χ0) is 29.3. The van der Waals surface area contributed by atoms with Crippen LogP contribution in [0.4, 0.5) is 0 Å². The van der Waals surface area contributed by atoms with Crippen molar-refractivity contribution in [1.29, 1.82) is 0 Å². The molecule has 2 fully saturated rings. The third-order valence-corrected chi connectivity index (χ3v) is 9.27. The van der Waals surface area contributed by atoms with Crippen LogP contribution in [-0.4, -0.2) is 53.1 Å². The highest BCUT2D eigenvalue weighted by molar-refractivity contribution is 7.99. The second-order valence-electron chi connectivity index (χ2n) is 10.6. The van der Waals surface area contributed by atoms with Gasteiger partial charge in [0.25, 0.3) is 11.8 Å². The summed E-state index contributed by atoms with van der Waals surface area (Å²) in [7, 11) is 0. The fourth-order valence-corrected chi connectivity index (χ4v) is 7.09. The number of amides is 2. The minimum Gasteiger partial charge on any atom is -0.368 e. The van der Waals surface area contributed by atoms with E-state index in [4.69, 9.17) is 30.5 Å². The lowest BCUT2D eigenvalue weighted by atomic mass is 9.95. The van der Waals surface area contributed by atoms with E-state index < -0.39 is 36.1 Å². The van der Waals surface area contributed by atoms with Crippen molar-refractivity contribution >= 4 is 35.2 Å². The number of carbonyl (C=O) groups is 2. The molecule has 0 aliphatic carbocycles. The zero-order valence-corrected chi connectivity index (χ0v) is 24.5. The van der Waals surface area contributed by atoms with Crippen molar-refractivity contribution in [2.75, 3.05) is 6.61 Å². The minimum absolute atomic E-state index is 0.252. The molecule has 6 atom stereocenters. The Morgan fingerprint density at radius 2 is 1.42 bits per heavy atom. The number of thioether (sulfide) groups is 1. The first-order chi connectivity index (χ1) is 21.1. The van der Waals surface area contributed by atoms with Gasteiger partial charge in [-0.15, -0.1) is 0 Å². The number of ether oxygens (including phenoxy) is 4. The predicted octanol–water partition coefficient (Wildman–Crippen LogP) is 6.52. The lowest BCUT2D eigenvalue weighted by Crippen LogP contribution is -2.67. The number of rotatable bonds is 7. The van der Waals surface area contributed by atoms with Crippen molar-refractivity contribution < 1.29 is 28.5 Å². The highest BCUT2D eigenvalue weighted by Gasteiger charge is 2.56. The van der Waals surface area contributed by atoms with Gasteiger partial charge in [-0.05, 0) is 42.0 Å². The number of hydrogen-bond acceptors (Lipinski definition) is 7. The van der Waals surface area contributed by atoms with E-state index >= 15 is 0 Å². The number of fused-ring (bicyclic) bond motifs is 2. The average molecular weight is 614 g/mol. The molecule has 3 heterocycles. The standard InChI is InChI=1S/C34H28ClNO6S/c35-23-15-17-24(18-16-23)43-34-28(36-31(37)25-13-7-8-14-26(25)32(36)38)30(39-19-21-9-3-1-4-10-21)29-27(41-34)20-40-33(42-29)22-11-5-2-6-12-22/h1-18,27-30,33-34H,19-20H2/t27-,28-,29-,30-,33-,34+/m1/s1. The summed E-state index contributed by atoms with van der Waals surface area (Å²) >= 11 is 7.57. The number of imide groups is 1. The van der Waals surface area contributed by atoms with Crippen molar-refractivity contribution in [2.24, 2.45) is 0 Å². The van der Waals surface area contributed by atoms with Crippen LogP contribution < -0.4 is 0 Å². The summed E-state index contributed by atoms with van der Waals surface area (Å²) in [6.45, 7) is 0.509. The van der Waals surface area contributed by atoms with Crippen LogP contribution in [0.3, 0.4) is 0 Å². The summed E-state index contributed by atoms with van der Waals surface area (Å²) in [4.78, 5) is 30.0. The molecule has 3 aliphatic rings. The van der Waals surface area contributed by atoms with Gasteiger partial charge in [-0.2, -0.15) is 0 Å². The monoisotopic (exact) mass is 613 g/mol. The van der Waals surface area contributed by atoms with Crippen LogP contribution >= 0.6 is 23.4 Å². The van der Waals surface area contributed by atoms with E-state index in [-0.39, 0.29) is 25.0 Å². The molecule has 7 nitrogen and oxygen atoms in total. The molecule has 2 saturated heterocycles. The normalized spacial score (nSPS) is 26.7. The number of hydrogen-bond donors (Lipinski definition) is 0. The third-order valence-electron chi connectivity index (χ3n) is 7.85. The largest absolute Gasteiger partial charge is 0.368 e. The number of benzene rings is 4. The van der Waals surface area contributed by atoms with Gasteiger partial charge >= 0.3 is 0 Å². The molecule has 4 aromatic carbocycles. The van der Waals surface area contributed by atoms with E-state index in [2.05, 4.69) is 0 Å². The highest BCUT2D eigenvalue weighted by atomic mass is 35.5. The molecule has 0 saturated carbocycles. The number of halogens is 1. The Labute approximate surface area is 258 Å². The molecule has 4 aromatic rings. The molecule has 0 radical (unpaired) electrons. The van der Waals surface area contributed by atoms with E-state index in [0.29, 0.717) is 16.1 Å². The van der Waals surface area contributed by atoms with E-state index in [1.54, 1.807) is 36.4 Å². The molecule has 3 aliphatic heterocycles. The molecule has 9 heteroatoms. The van der Waals surface area contributed by atoms with Crippen molar-refractivity contribution in [3.8, 4) is 0 Å². The molecule has 0 spiro atoms. The van der Waals surface area contributed by atoms with Gasteiger partial charge in [0, 0.05) is 15.5 Å². The average Bonchev–Trinajstić information content (AvgIpc) is 3.30. The maximum Gasteiger partial charge on any atom is 0.262 e. The lowest BCUT2D eigenvalue weighted by molar-refractivity contribution is -0.316. The SMILES string of the molecule is O=C1c2ccccc2C(=O)N1[C@@H]1[C@@H](OCc2ccccc2)[C@@H]2O[C@H](c3ccccc3)OC[C@H]2O[C@H]1Sc1ccc(Cl)cc1. The summed E-state index contributed by atoms with van der Waals surface area (Å²) in [6, 6.07) is 32.9. The zero-order valence-electron chi connectivity index (χ0n) is 23.0. The fraction of sp³-hybridized carbons (Fsp3) is 0.235. The molecular formula is C34H28ClNO6S. The molecule has 0 aromatic heterocycles. The van der Waals surface area contributed by atoms with Crippen molar-refractivity contribution in [2.45, 2.75) is 47.6 Å². The predicted molar refractivity (Wildman–Crippen MR) is 162 cm³/mol. The van der Waals surface area contributed by atoms with Gasteiger partial charge in [0.05, 0.1) is 24.3 Å². The number of carbonyl (C=O) groups excluding carboxylic acids is 2. The van der Waals surface area contributed by atoms with Crippen LogP contribution in [0.5, 0.6) is 0 Å². The third kappa shape index (κ3) is 5.62. The summed E-state index contributed by atoms with van der Waals surface area (Å²) in [5.41, 5.74) is 1.87. The van der Waals surface area contributed by atoms with E-state index in [0.717, 1.165) is 16.0 Å².